The summed E-state index contributed by atoms with van der Waals surface area (Å²) in [6.07, 6.45) is 1.64. The summed E-state index contributed by atoms with van der Waals surface area (Å²) in [6, 6.07) is 6.53. The molecule has 0 aliphatic carbocycles. The van der Waals surface area contributed by atoms with Crippen LogP contribution in [0.2, 0.25) is 0 Å². The van der Waals surface area contributed by atoms with Crippen molar-refractivity contribution in [3.63, 3.8) is 0 Å². The monoisotopic (exact) mass is 295 g/mol. The number of rotatable bonds is 5. The van der Waals surface area contributed by atoms with Gasteiger partial charge in [-0.1, -0.05) is 37.3 Å². The van der Waals surface area contributed by atoms with Crippen LogP contribution in [0.25, 0.3) is 0 Å². The average Bonchev–Trinajstić information content (AvgIpc) is 2.35. The van der Waals surface area contributed by atoms with E-state index in [-0.39, 0.29) is 11.5 Å². The minimum absolute atomic E-state index is 0.144. The van der Waals surface area contributed by atoms with E-state index in [2.05, 4.69) is 16.6 Å². The first-order chi connectivity index (χ1) is 9.32. The molecule has 0 spiro atoms. The summed E-state index contributed by atoms with van der Waals surface area (Å²) in [6.45, 7) is 5.42. The summed E-state index contributed by atoms with van der Waals surface area (Å²) in [5, 5.41) is 8.74. The quantitative estimate of drug-likeness (QED) is 0.815. The molecule has 5 heteroatoms. The van der Waals surface area contributed by atoms with Gasteiger partial charge in [-0.3, -0.25) is 0 Å². The second-order valence-corrected chi connectivity index (χ2v) is 6.85. The Kier molecular flexibility index (Phi) is 5.75. The van der Waals surface area contributed by atoms with Crippen molar-refractivity contribution in [3.8, 4) is 11.8 Å². The second-order valence-electron chi connectivity index (χ2n) is 5.20. The molecule has 0 aliphatic heterocycles. The van der Waals surface area contributed by atoms with Gasteiger partial charge in [-0.25, -0.2) is 13.1 Å². The molecule has 0 heterocycles. The Bertz CT molecular complexity index is 609. The van der Waals surface area contributed by atoms with Crippen LogP contribution >= 0.6 is 0 Å². The van der Waals surface area contributed by atoms with Crippen molar-refractivity contribution in [3.05, 3.63) is 29.8 Å². The molecule has 20 heavy (non-hydrogen) atoms. The molecular formula is C15H21NO3S. The lowest BCUT2D eigenvalue weighted by molar-refractivity contribution is 0.350. The van der Waals surface area contributed by atoms with Gasteiger partial charge in [0.1, 0.15) is 6.61 Å². The summed E-state index contributed by atoms with van der Waals surface area (Å²) in [7, 11) is -3.64. The van der Waals surface area contributed by atoms with E-state index in [1.54, 1.807) is 18.2 Å². The molecule has 0 aromatic heterocycles. The lowest BCUT2D eigenvalue weighted by Gasteiger charge is -2.25. The highest BCUT2D eigenvalue weighted by atomic mass is 32.2. The first-order valence-corrected chi connectivity index (χ1v) is 8.03. The van der Waals surface area contributed by atoms with Crippen LogP contribution in [0.5, 0.6) is 0 Å². The van der Waals surface area contributed by atoms with Crippen molar-refractivity contribution in [2.45, 2.75) is 44.0 Å². The zero-order valence-corrected chi connectivity index (χ0v) is 12.9. The molecule has 0 aliphatic rings. The number of hydrogen-bond donors (Lipinski definition) is 2. The number of nitrogens with one attached hydrogen (secondary N) is 1. The molecular weight excluding hydrogens is 274 g/mol. The van der Waals surface area contributed by atoms with E-state index in [9.17, 15) is 8.42 Å². The molecule has 4 nitrogen and oxygen atoms in total. The Balaban J connectivity index is 3.16. The minimum Gasteiger partial charge on any atom is -0.384 e. The van der Waals surface area contributed by atoms with Crippen LogP contribution in [0, 0.1) is 11.8 Å². The molecule has 0 fully saturated rings. The molecule has 1 aromatic carbocycles. The van der Waals surface area contributed by atoms with Crippen LogP contribution in [0.3, 0.4) is 0 Å². The lowest BCUT2D eigenvalue weighted by atomic mass is 10.0. The Morgan fingerprint density at radius 1 is 1.30 bits per heavy atom. The Morgan fingerprint density at radius 2 is 1.95 bits per heavy atom. The molecule has 1 rings (SSSR count). The van der Waals surface area contributed by atoms with Crippen LogP contribution in [0.15, 0.2) is 29.2 Å². The summed E-state index contributed by atoms with van der Waals surface area (Å²) >= 11 is 0. The van der Waals surface area contributed by atoms with Crippen molar-refractivity contribution < 1.29 is 13.5 Å². The SMILES string of the molecule is CCCC(C)(C)NS(=O)(=O)c1ccccc1C#CCO. The van der Waals surface area contributed by atoms with E-state index >= 15 is 0 Å². The van der Waals surface area contributed by atoms with Crippen LogP contribution in [-0.2, 0) is 10.0 Å². The molecule has 0 radical (unpaired) electrons. The molecule has 0 atom stereocenters. The van der Waals surface area contributed by atoms with Crippen LogP contribution in [-0.4, -0.2) is 25.7 Å². The maximum Gasteiger partial charge on any atom is 0.242 e. The van der Waals surface area contributed by atoms with E-state index in [1.165, 1.54) is 6.07 Å². The molecule has 0 amide bonds. The van der Waals surface area contributed by atoms with E-state index in [0.29, 0.717) is 5.56 Å². The Hall–Kier alpha value is -1.35. The highest BCUT2D eigenvalue weighted by Crippen LogP contribution is 2.19. The fourth-order valence-corrected chi connectivity index (χ4v) is 3.64. The third kappa shape index (κ3) is 4.64. The largest absolute Gasteiger partial charge is 0.384 e. The Labute approximate surface area is 121 Å². The smallest absolute Gasteiger partial charge is 0.242 e. The third-order valence-electron chi connectivity index (χ3n) is 2.76. The summed E-state index contributed by atoms with van der Waals surface area (Å²) in [5.41, 5.74) is -0.119. The normalized spacial score (nSPS) is 11.8. The molecule has 2 N–H and O–H groups in total. The number of benzene rings is 1. The molecule has 0 bridgehead atoms. The average molecular weight is 295 g/mol. The van der Waals surface area contributed by atoms with Crippen molar-refractivity contribution >= 4 is 10.0 Å². The first kappa shape index (κ1) is 16.7. The third-order valence-corrected chi connectivity index (χ3v) is 4.52. The standard InChI is InChI=1S/C15H21NO3S/c1-4-11-15(2,3)16-20(18,19)14-10-6-5-8-13(14)9-7-12-17/h5-6,8,10,16-17H,4,11-12H2,1-3H3. The van der Waals surface area contributed by atoms with Gasteiger partial charge in [0.05, 0.1) is 4.90 Å². The van der Waals surface area contributed by atoms with Crippen molar-refractivity contribution in [2.24, 2.45) is 0 Å². The predicted octanol–water partition coefficient (Wildman–Crippen LogP) is 1.89. The molecule has 0 saturated heterocycles. The number of sulfonamides is 1. The first-order valence-electron chi connectivity index (χ1n) is 6.55. The van der Waals surface area contributed by atoms with Crippen LogP contribution in [0.1, 0.15) is 39.2 Å². The fraction of sp³-hybridized carbons (Fsp3) is 0.467. The van der Waals surface area contributed by atoms with E-state index in [0.717, 1.165) is 12.8 Å². The predicted molar refractivity (Wildman–Crippen MR) is 79.7 cm³/mol. The summed E-state index contributed by atoms with van der Waals surface area (Å²) < 4.78 is 27.6. The molecule has 0 unspecified atom stereocenters. The maximum atomic E-state index is 12.5. The van der Waals surface area contributed by atoms with E-state index in [1.807, 2.05) is 20.8 Å². The zero-order chi connectivity index (χ0) is 15.2. The zero-order valence-electron chi connectivity index (χ0n) is 12.1. The van der Waals surface area contributed by atoms with E-state index in [4.69, 9.17) is 5.11 Å². The highest BCUT2D eigenvalue weighted by Gasteiger charge is 2.26. The molecule has 1 aromatic rings. The fourth-order valence-electron chi connectivity index (χ4n) is 2.03. The summed E-state index contributed by atoms with van der Waals surface area (Å²) in [5.74, 6) is 5.15. The molecule has 0 saturated carbocycles. The minimum atomic E-state index is -3.64. The van der Waals surface area contributed by atoms with Gasteiger partial charge in [0.15, 0.2) is 0 Å². The number of aliphatic hydroxyl groups is 1. The van der Waals surface area contributed by atoms with Gasteiger partial charge in [0.2, 0.25) is 10.0 Å². The van der Waals surface area contributed by atoms with Crippen molar-refractivity contribution in [1.29, 1.82) is 0 Å². The summed E-state index contributed by atoms with van der Waals surface area (Å²) in [4.78, 5) is 0.144. The molecule has 110 valence electrons. The van der Waals surface area contributed by atoms with Gasteiger partial charge < -0.3 is 5.11 Å². The van der Waals surface area contributed by atoms with Gasteiger partial charge >= 0.3 is 0 Å². The van der Waals surface area contributed by atoms with Gasteiger partial charge in [-0.15, -0.1) is 0 Å². The highest BCUT2D eigenvalue weighted by molar-refractivity contribution is 7.89. The second kappa shape index (κ2) is 6.89. The van der Waals surface area contributed by atoms with Crippen LogP contribution in [0.4, 0.5) is 0 Å². The number of hydrogen-bond acceptors (Lipinski definition) is 3. The topological polar surface area (TPSA) is 66.4 Å². The van der Waals surface area contributed by atoms with Gasteiger partial charge in [0, 0.05) is 11.1 Å². The van der Waals surface area contributed by atoms with Crippen molar-refractivity contribution in [1.82, 2.24) is 4.72 Å². The lowest BCUT2D eigenvalue weighted by Crippen LogP contribution is -2.43. The van der Waals surface area contributed by atoms with E-state index < -0.39 is 15.6 Å². The maximum absolute atomic E-state index is 12.5. The Morgan fingerprint density at radius 3 is 2.55 bits per heavy atom. The van der Waals surface area contributed by atoms with Crippen LogP contribution < -0.4 is 4.72 Å². The van der Waals surface area contributed by atoms with Gasteiger partial charge in [0.25, 0.3) is 0 Å². The van der Waals surface area contributed by atoms with Gasteiger partial charge in [-0.2, -0.15) is 0 Å². The van der Waals surface area contributed by atoms with Crippen molar-refractivity contribution in [2.75, 3.05) is 6.61 Å². The number of aliphatic hydroxyl groups excluding tert-OH is 1. The van der Waals surface area contributed by atoms with Gasteiger partial charge in [-0.05, 0) is 32.4 Å².